The molecule has 0 saturated heterocycles. The van der Waals surface area contributed by atoms with E-state index >= 15 is 0 Å². The van der Waals surface area contributed by atoms with Crippen molar-refractivity contribution in [2.75, 3.05) is 0 Å². The molecule has 0 saturated carbocycles. The Labute approximate surface area is 186 Å². The topological polar surface area (TPSA) is 33.5 Å². The standard InChI is InChI=1S/C17H17.C7H7.2ClH.H2N.Ti/c1-3-12(2)14-9-6-10-16-15-8-5-4-7-13(15)11-17(14)16;1-7-5-3-2-4-6-7;;;;/h4-10,12H,2-3,11H2,1H3;2-6H,1H2;2*1H;1H2;/q2*-1;;;-1;+2/p-2. The van der Waals surface area contributed by atoms with Crippen LogP contribution in [0.3, 0.4) is 0 Å². The van der Waals surface area contributed by atoms with Crippen LogP contribution in [-0.2, 0) is 23.5 Å². The molecule has 0 aromatic heterocycles. The van der Waals surface area contributed by atoms with Gasteiger partial charge in [-0.1, -0.05) is 67.4 Å². The number of nitrogens with two attached hydrogens (primary N) is 1. The summed E-state index contributed by atoms with van der Waals surface area (Å²) < 4.78 is 0. The second kappa shape index (κ2) is 13.1. The van der Waals surface area contributed by atoms with Gasteiger partial charge in [0.05, 0.1) is 0 Å². The third kappa shape index (κ3) is 6.69. The normalized spacial score (nSPS) is 11.3. The molecule has 0 amide bonds. The zero-order valence-corrected chi connectivity index (χ0v) is 19.2. The van der Waals surface area contributed by atoms with E-state index in [0.717, 1.165) is 18.4 Å². The van der Waals surface area contributed by atoms with E-state index in [-0.39, 0.29) is 6.15 Å². The van der Waals surface area contributed by atoms with E-state index in [0.29, 0.717) is 5.92 Å². The molecule has 3 aromatic carbocycles. The maximum atomic E-state index is 4.89. The molecule has 1 aliphatic rings. The summed E-state index contributed by atoms with van der Waals surface area (Å²) in [6.45, 7) is 10.2. The SMILES string of the molecule is [CH2-]C(CC)c1cccc2c1Cc1ccccc1-2.[CH2-]c1ccccc1.[Cl][Ti][Cl].[NH2-]. The minimum absolute atomic E-state index is 0. The van der Waals surface area contributed by atoms with Gasteiger partial charge in [-0.25, -0.2) is 0 Å². The van der Waals surface area contributed by atoms with Crippen LogP contribution in [0.5, 0.6) is 0 Å². The van der Waals surface area contributed by atoms with Gasteiger partial charge in [0, 0.05) is 0 Å². The number of rotatable bonds is 2. The minimum Gasteiger partial charge on any atom is -0.693 e. The molecular formula is C24H26Cl2NTi-3. The maximum absolute atomic E-state index is 4.89. The molecule has 148 valence electrons. The molecule has 1 atom stereocenters. The van der Waals surface area contributed by atoms with Crippen LogP contribution in [0.1, 0.15) is 41.5 Å². The zero-order valence-electron chi connectivity index (χ0n) is 16.2. The first-order chi connectivity index (χ1) is 13.1. The predicted octanol–water partition coefficient (Wildman–Crippen LogP) is 8.55. The molecule has 1 nitrogen and oxygen atoms in total. The van der Waals surface area contributed by atoms with Crippen LogP contribution in [0, 0.1) is 13.8 Å². The van der Waals surface area contributed by atoms with Crippen molar-refractivity contribution in [3.63, 3.8) is 0 Å². The second-order valence-electron chi connectivity index (χ2n) is 6.37. The Morgan fingerprint density at radius 1 is 0.893 bits per heavy atom. The molecule has 0 aliphatic heterocycles. The van der Waals surface area contributed by atoms with Crippen molar-refractivity contribution in [1.82, 2.24) is 0 Å². The molecule has 4 rings (SSSR count). The van der Waals surface area contributed by atoms with Gasteiger partial charge in [-0.15, -0.1) is 18.1 Å². The third-order valence-electron chi connectivity index (χ3n) is 4.66. The summed E-state index contributed by atoms with van der Waals surface area (Å²) in [6, 6.07) is 25.3. The van der Waals surface area contributed by atoms with E-state index in [1.807, 2.05) is 30.3 Å². The van der Waals surface area contributed by atoms with Crippen molar-refractivity contribution >= 4 is 18.6 Å². The third-order valence-corrected chi connectivity index (χ3v) is 4.66. The predicted molar refractivity (Wildman–Crippen MR) is 121 cm³/mol. The molecule has 1 aliphatic carbocycles. The Morgan fingerprint density at radius 3 is 2.04 bits per heavy atom. The Balaban J connectivity index is 0.000000300. The van der Waals surface area contributed by atoms with Crippen LogP contribution in [0.2, 0.25) is 0 Å². The average molecular weight is 447 g/mol. The van der Waals surface area contributed by atoms with Crippen LogP contribution in [-0.4, -0.2) is 0 Å². The maximum Gasteiger partial charge on any atom is -0.693 e. The summed E-state index contributed by atoms with van der Waals surface area (Å²) >= 11 is -0.556. The van der Waals surface area contributed by atoms with E-state index < -0.39 is 17.0 Å². The molecule has 4 heteroatoms. The summed E-state index contributed by atoms with van der Waals surface area (Å²) in [7, 11) is 9.78. The Bertz CT molecular complexity index is 837. The van der Waals surface area contributed by atoms with E-state index in [4.69, 9.17) is 18.6 Å². The summed E-state index contributed by atoms with van der Waals surface area (Å²) in [5.41, 5.74) is 8.28. The fourth-order valence-corrected chi connectivity index (χ4v) is 3.26. The van der Waals surface area contributed by atoms with Gasteiger partial charge in [0.2, 0.25) is 0 Å². The Hall–Kier alpha value is -1.22. The van der Waals surface area contributed by atoms with Crippen molar-refractivity contribution in [2.45, 2.75) is 25.7 Å². The van der Waals surface area contributed by atoms with E-state index in [1.165, 1.54) is 27.8 Å². The van der Waals surface area contributed by atoms with Gasteiger partial charge < -0.3 is 13.1 Å². The van der Waals surface area contributed by atoms with Crippen LogP contribution in [0.4, 0.5) is 0 Å². The van der Waals surface area contributed by atoms with E-state index in [2.05, 4.69) is 63.2 Å². The summed E-state index contributed by atoms with van der Waals surface area (Å²) in [6.07, 6.45) is 2.18. The molecule has 0 heterocycles. The number of hydrogen-bond donors (Lipinski definition) is 0. The van der Waals surface area contributed by atoms with Crippen LogP contribution < -0.4 is 0 Å². The first-order valence-corrected chi connectivity index (χ1v) is 13.3. The quantitative estimate of drug-likeness (QED) is 0.218. The average Bonchev–Trinajstić information content (AvgIpc) is 3.08. The smallest absolute Gasteiger partial charge is 0.693 e. The number of halogens is 2. The van der Waals surface area contributed by atoms with Gasteiger partial charge in [-0.2, -0.15) is 24.6 Å². The van der Waals surface area contributed by atoms with Gasteiger partial charge in [0.1, 0.15) is 0 Å². The minimum atomic E-state index is -0.556. The second-order valence-corrected chi connectivity index (χ2v) is 8.95. The van der Waals surface area contributed by atoms with Crippen LogP contribution >= 0.6 is 18.6 Å². The fourth-order valence-electron chi connectivity index (χ4n) is 3.26. The molecule has 0 fully saturated rings. The largest absolute Gasteiger partial charge is 0.693 e. The molecule has 0 bridgehead atoms. The van der Waals surface area contributed by atoms with E-state index in [1.54, 1.807) is 0 Å². The first kappa shape index (κ1) is 24.8. The first-order valence-electron chi connectivity index (χ1n) is 8.98. The van der Waals surface area contributed by atoms with Crippen LogP contribution in [0.25, 0.3) is 17.3 Å². The zero-order chi connectivity index (χ0) is 19.6. The van der Waals surface area contributed by atoms with Gasteiger partial charge in [0.25, 0.3) is 0 Å². The summed E-state index contributed by atoms with van der Waals surface area (Å²) in [5.74, 6) is 0.416. The molecule has 28 heavy (non-hydrogen) atoms. The van der Waals surface area contributed by atoms with Gasteiger partial charge in [-0.3, -0.25) is 0 Å². The molecule has 0 spiro atoms. The molecule has 2 N–H and O–H groups in total. The Kier molecular flexibility index (Phi) is 11.6. The van der Waals surface area contributed by atoms with Crippen molar-refractivity contribution in [3.05, 3.63) is 115 Å². The van der Waals surface area contributed by atoms with Gasteiger partial charge >= 0.3 is 35.6 Å². The van der Waals surface area contributed by atoms with Crippen molar-refractivity contribution in [1.29, 1.82) is 0 Å². The molecule has 3 aromatic rings. The number of benzene rings is 3. The fraction of sp³-hybridized carbons (Fsp3) is 0.167. The van der Waals surface area contributed by atoms with Crippen molar-refractivity contribution in [2.24, 2.45) is 0 Å². The van der Waals surface area contributed by atoms with Gasteiger partial charge in [0.15, 0.2) is 0 Å². The molecular weight excluding hydrogens is 421 g/mol. The Morgan fingerprint density at radius 2 is 1.46 bits per heavy atom. The molecule has 0 radical (unpaired) electrons. The number of hydrogen-bond acceptors (Lipinski definition) is 0. The van der Waals surface area contributed by atoms with E-state index in [9.17, 15) is 0 Å². The number of fused-ring (bicyclic) bond motifs is 3. The molecule has 1 unspecified atom stereocenters. The van der Waals surface area contributed by atoms with Crippen LogP contribution in [0.15, 0.2) is 72.8 Å². The summed E-state index contributed by atoms with van der Waals surface area (Å²) in [5, 5.41) is 0. The summed E-state index contributed by atoms with van der Waals surface area (Å²) in [4.78, 5) is 0. The van der Waals surface area contributed by atoms with Gasteiger partial charge in [-0.05, 0) is 28.7 Å². The van der Waals surface area contributed by atoms with Crippen molar-refractivity contribution < 1.29 is 17.0 Å². The monoisotopic (exact) mass is 446 g/mol. The van der Waals surface area contributed by atoms with Crippen molar-refractivity contribution in [3.8, 4) is 11.1 Å².